The van der Waals surface area contributed by atoms with E-state index in [-0.39, 0.29) is 6.10 Å². The Morgan fingerprint density at radius 1 is 1.00 bits per heavy atom. The van der Waals surface area contributed by atoms with Gasteiger partial charge in [-0.1, -0.05) is 20.8 Å². The van der Waals surface area contributed by atoms with Gasteiger partial charge in [0.05, 0.1) is 6.10 Å². The van der Waals surface area contributed by atoms with E-state index in [0.29, 0.717) is 5.41 Å². The van der Waals surface area contributed by atoms with Crippen LogP contribution >= 0.6 is 0 Å². The molecule has 0 aliphatic heterocycles. The highest BCUT2D eigenvalue weighted by Gasteiger charge is 2.55. The van der Waals surface area contributed by atoms with Gasteiger partial charge in [0.15, 0.2) is 0 Å². The number of aliphatic hydroxyl groups excluding tert-OH is 1. The Labute approximate surface area is 106 Å². The molecular weight excluding hydrogens is 208 g/mol. The van der Waals surface area contributed by atoms with Crippen molar-refractivity contribution in [3.8, 4) is 0 Å². The summed E-state index contributed by atoms with van der Waals surface area (Å²) in [5, 5.41) is 9.92. The van der Waals surface area contributed by atoms with Crippen molar-refractivity contribution < 1.29 is 5.11 Å². The van der Waals surface area contributed by atoms with E-state index in [0.717, 1.165) is 42.4 Å². The van der Waals surface area contributed by atoms with Gasteiger partial charge in [-0.25, -0.2) is 0 Å². The molecule has 3 aliphatic carbocycles. The van der Waals surface area contributed by atoms with Crippen LogP contribution in [0.5, 0.6) is 0 Å². The standard InChI is InChI=1S/C16H28O/c1-10-8-11(2)15-14(10)5-4-12-9-13(17)6-7-16(12,15)3/h10-15,17H,4-9H2,1-3H3/t10?,11?,12?,13-,14?,15?,16-/m0/s1. The second-order valence-corrected chi connectivity index (χ2v) is 7.59. The molecule has 3 fully saturated rings. The summed E-state index contributed by atoms with van der Waals surface area (Å²) >= 11 is 0. The van der Waals surface area contributed by atoms with Gasteiger partial charge in [0.2, 0.25) is 0 Å². The minimum atomic E-state index is -0.00115. The topological polar surface area (TPSA) is 20.2 Å². The normalized spacial score (nSPS) is 58.6. The number of hydrogen-bond donors (Lipinski definition) is 1. The van der Waals surface area contributed by atoms with Crippen molar-refractivity contribution in [2.75, 3.05) is 0 Å². The van der Waals surface area contributed by atoms with E-state index >= 15 is 0 Å². The summed E-state index contributed by atoms with van der Waals surface area (Å²) in [5.41, 5.74) is 0.548. The first-order valence-electron chi connectivity index (χ1n) is 7.70. The van der Waals surface area contributed by atoms with E-state index in [2.05, 4.69) is 20.8 Å². The van der Waals surface area contributed by atoms with Crippen LogP contribution in [0.2, 0.25) is 0 Å². The minimum Gasteiger partial charge on any atom is -0.393 e. The molecule has 0 bridgehead atoms. The Morgan fingerprint density at radius 3 is 2.53 bits per heavy atom. The van der Waals surface area contributed by atoms with Crippen LogP contribution in [0.15, 0.2) is 0 Å². The van der Waals surface area contributed by atoms with Crippen LogP contribution < -0.4 is 0 Å². The summed E-state index contributed by atoms with van der Waals surface area (Å²) in [6, 6.07) is 0. The van der Waals surface area contributed by atoms with Crippen LogP contribution in [0.4, 0.5) is 0 Å². The number of aliphatic hydroxyl groups is 1. The molecule has 3 saturated carbocycles. The van der Waals surface area contributed by atoms with Crippen molar-refractivity contribution in [1.29, 1.82) is 0 Å². The summed E-state index contributed by atoms with van der Waals surface area (Å²) in [6.07, 6.45) is 7.67. The fourth-order valence-electron chi connectivity index (χ4n) is 5.96. The molecule has 1 N–H and O–H groups in total. The zero-order valence-corrected chi connectivity index (χ0v) is 11.7. The first-order valence-corrected chi connectivity index (χ1v) is 7.70. The van der Waals surface area contributed by atoms with Gasteiger partial charge in [-0.15, -0.1) is 0 Å². The highest BCUT2D eigenvalue weighted by Crippen LogP contribution is 2.62. The molecule has 3 aliphatic rings. The first kappa shape index (κ1) is 12.0. The SMILES string of the molecule is CC1CC(C)C2C1CCC1C[C@@H](O)CC[C@@]12C. The maximum absolute atomic E-state index is 9.92. The molecule has 7 atom stereocenters. The van der Waals surface area contributed by atoms with E-state index in [9.17, 15) is 5.11 Å². The van der Waals surface area contributed by atoms with Crippen molar-refractivity contribution >= 4 is 0 Å². The van der Waals surface area contributed by atoms with Crippen molar-refractivity contribution in [3.63, 3.8) is 0 Å². The summed E-state index contributed by atoms with van der Waals surface area (Å²) in [4.78, 5) is 0. The summed E-state index contributed by atoms with van der Waals surface area (Å²) in [5.74, 6) is 4.60. The third kappa shape index (κ3) is 1.69. The predicted molar refractivity (Wildman–Crippen MR) is 70.6 cm³/mol. The third-order valence-electron chi connectivity index (χ3n) is 6.66. The van der Waals surface area contributed by atoms with E-state index in [1.807, 2.05) is 0 Å². The van der Waals surface area contributed by atoms with Crippen molar-refractivity contribution in [1.82, 2.24) is 0 Å². The fourth-order valence-corrected chi connectivity index (χ4v) is 5.96. The monoisotopic (exact) mass is 236 g/mol. The largest absolute Gasteiger partial charge is 0.393 e. The number of rotatable bonds is 0. The summed E-state index contributed by atoms with van der Waals surface area (Å²) in [6.45, 7) is 7.51. The highest BCUT2D eigenvalue weighted by molar-refractivity contribution is 5.04. The lowest BCUT2D eigenvalue weighted by Gasteiger charge is -2.54. The lowest BCUT2D eigenvalue weighted by atomic mass is 9.51. The second-order valence-electron chi connectivity index (χ2n) is 7.59. The number of fused-ring (bicyclic) bond motifs is 3. The van der Waals surface area contributed by atoms with Gasteiger partial charge in [-0.2, -0.15) is 0 Å². The molecule has 0 amide bonds. The van der Waals surface area contributed by atoms with Crippen LogP contribution in [-0.2, 0) is 0 Å². The van der Waals surface area contributed by atoms with Gasteiger partial charge in [0, 0.05) is 0 Å². The van der Waals surface area contributed by atoms with Crippen LogP contribution in [0.1, 0.15) is 59.3 Å². The smallest absolute Gasteiger partial charge is 0.0543 e. The maximum Gasteiger partial charge on any atom is 0.0543 e. The van der Waals surface area contributed by atoms with Gasteiger partial charge >= 0.3 is 0 Å². The van der Waals surface area contributed by atoms with Crippen LogP contribution in [-0.4, -0.2) is 11.2 Å². The van der Waals surface area contributed by atoms with E-state index in [1.54, 1.807) is 0 Å². The first-order chi connectivity index (χ1) is 8.02. The van der Waals surface area contributed by atoms with Crippen molar-refractivity contribution in [2.24, 2.45) is 35.0 Å². The zero-order valence-electron chi connectivity index (χ0n) is 11.7. The summed E-state index contributed by atoms with van der Waals surface area (Å²) < 4.78 is 0. The molecule has 0 aromatic heterocycles. The molecule has 0 aromatic rings. The predicted octanol–water partition coefficient (Wildman–Crippen LogP) is 3.86. The average Bonchev–Trinajstić information content (AvgIpc) is 2.56. The third-order valence-corrected chi connectivity index (χ3v) is 6.66. The lowest BCUT2D eigenvalue weighted by Crippen LogP contribution is -2.48. The molecule has 5 unspecified atom stereocenters. The van der Waals surface area contributed by atoms with Gasteiger partial charge in [-0.05, 0) is 73.5 Å². The molecule has 3 rings (SSSR count). The Morgan fingerprint density at radius 2 is 1.76 bits per heavy atom. The molecule has 0 saturated heterocycles. The van der Waals surface area contributed by atoms with Crippen LogP contribution in [0, 0.1) is 35.0 Å². The second kappa shape index (κ2) is 3.98. The van der Waals surface area contributed by atoms with Gasteiger partial charge in [0.25, 0.3) is 0 Å². The van der Waals surface area contributed by atoms with Crippen LogP contribution in [0.3, 0.4) is 0 Å². The Balaban J connectivity index is 1.89. The molecule has 0 aromatic carbocycles. The molecule has 1 heteroatoms. The molecule has 0 radical (unpaired) electrons. The summed E-state index contributed by atoms with van der Waals surface area (Å²) in [7, 11) is 0. The molecule has 0 spiro atoms. The van der Waals surface area contributed by atoms with Gasteiger partial charge < -0.3 is 5.11 Å². The van der Waals surface area contributed by atoms with Crippen molar-refractivity contribution in [2.45, 2.75) is 65.4 Å². The van der Waals surface area contributed by atoms with Gasteiger partial charge in [-0.3, -0.25) is 0 Å². The Kier molecular flexibility index (Phi) is 2.81. The molecule has 0 heterocycles. The quantitative estimate of drug-likeness (QED) is 0.677. The molecule has 17 heavy (non-hydrogen) atoms. The highest BCUT2D eigenvalue weighted by atomic mass is 16.3. The number of hydrogen-bond acceptors (Lipinski definition) is 1. The Hall–Kier alpha value is -0.0400. The van der Waals surface area contributed by atoms with Crippen molar-refractivity contribution in [3.05, 3.63) is 0 Å². The molecular formula is C16H28O. The van der Waals surface area contributed by atoms with E-state index in [1.165, 1.54) is 25.7 Å². The average molecular weight is 236 g/mol. The van der Waals surface area contributed by atoms with E-state index < -0.39 is 0 Å². The lowest BCUT2D eigenvalue weighted by molar-refractivity contribution is -0.0770. The molecule has 1 nitrogen and oxygen atoms in total. The maximum atomic E-state index is 9.92. The van der Waals surface area contributed by atoms with Crippen LogP contribution in [0.25, 0.3) is 0 Å². The zero-order chi connectivity index (χ0) is 12.2. The minimum absolute atomic E-state index is 0.00115. The van der Waals surface area contributed by atoms with Gasteiger partial charge in [0.1, 0.15) is 0 Å². The van der Waals surface area contributed by atoms with E-state index in [4.69, 9.17) is 0 Å². The Bertz CT molecular complexity index is 300. The molecule has 98 valence electrons. The fraction of sp³-hybridized carbons (Fsp3) is 1.00.